The largest absolute Gasteiger partial charge is 0.497 e. The molecule has 3 aromatic carbocycles. The van der Waals surface area contributed by atoms with Crippen LogP contribution in [0, 0.1) is 6.92 Å². The molecule has 0 bridgehead atoms. The fraction of sp³-hybridized carbons (Fsp3) is 0.444. The topological polar surface area (TPSA) is 77.1 Å². The zero-order valence-corrected chi connectivity index (χ0v) is 25.7. The van der Waals surface area contributed by atoms with Crippen molar-refractivity contribution in [2.45, 2.75) is 64.3 Å². The van der Waals surface area contributed by atoms with E-state index in [9.17, 15) is 9.59 Å². The Morgan fingerprint density at radius 3 is 1.98 bits per heavy atom. The van der Waals surface area contributed by atoms with Crippen LogP contribution >= 0.6 is 0 Å². The molecule has 7 heteroatoms. The molecule has 230 valence electrons. The minimum atomic E-state index is 0.0391. The lowest BCUT2D eigenvalue weighted by atomic mass is 10.0. The van der Waals surface area contributed by atoms with Crippen molar-refractivity contribution in [3.05, 3.63) is 89.5 Å². The van der Waals surface area contributed by atoms with Crippen molar-refractivity contribution in [1.29, 1.82) is 0 Å². The molecule has 1 atom stereocenters. The summed E-state index contributed by atoms with van der Waals surface area (Å²) >= 11 is 0. The van der Waals surface area contributed by atoms with Gasteiger partial charge in [-0.15, -0.1) is 0 Å². The molecule has 43 heavy (non-hydrogen) atoms. The summed E-state index contributed by atoms with van der Waals surface area (Å²) in [7, 11) is 1.61. The molecule has 0 aromatic heterocycles. The molecule has 1 fully saturated rings. The number of carbonyl (C=O) groups excluding carboxylic acids is 2. The summed E-state index contributed by atoms with van der Waals surface area (Å²) in [5, 5.41) is 3.28. The average molecular weight is 587 g/mol. The van der Waals surface area contributed by atoms with Crippen LogP contribution in [0.1, 0.15) is 66.4 Å². The molecule has 0 saturated carbocycles. The van der Waals surface area contributed by atoms with Gasteiger partial charge in [-0.2, -0.15) is 0 Å². The maximum atomic E-state index is 12.9. The van der Waals surface area contributed by atoms with Crippen molar-refractivity contribution in [3.8, 4) is 17.2 Å². The number of likely N-dealkylation sites (tertiary alicyclic amines) is 1. The third kappa shape index (κ3) is 11.4. The molecule has 1 aliphatic heterocycles. The van der Waals surface area contributed by atoms with E-state index in [2.05, 4.69) is 29.3 Å². The van der Waals surface area contributed by atoms with Gasteiger partial charge in [0.25, 0.3) is 0 Å². The van der Waals surface area contributed by atoms with Crippen LogP contribution in [0.15, 0.2) is 72.8 Å². The highest BCUT2D eigenvalue weighted by molar-refractivity contribution is 5.96. The van der Waals surface area contributed by atoms with Gasteiger partial charge in [0.2, 0.25) is 5.91 Å². The summed E-state index contributed by atoms with van der Waals surface area (Å²) in [6, 6.07) is 23.5. The lowest BCUT2D eigenvalue weighted by Gasteiger charge is -2.25. The van der Waals surface area contributed by atoms with Crippen molar-refractivity contribution in [3.63, 3.8) is 0 Å². The highest BCUT2D eigenvalue weighted by Crippen LogP contribution is 2.17. The van der Waals surface area contributed by atoms with Crippen LogP contribution in [0.2, 0.25) is 0 Å². The van der Waals surface area contributed by atoms with Crippen LogP contribution in [-0.2, 0) is 11.2 Å². The number of unbranched alkanes of at least 4 members (excludes halogenated alkanes) is 1. The first-order valence-electron chi connectivity index (χ1n) is 15.6. The number of aryl methyl sites for hydroxylation is 1. The van der Waals surface area contributed by atoms with E-state index >= 15 is 0 Å². The Morgan fingerprint density at radius 1 is 0.767 bits per heavy atom. The van der Waals surface area contributed by atoms with E-state index in [1.165, 1.54) is 24.0 Å². The van der Waals surface area contributed by atoms with Gasteiger partial charge in [0.1, 0.15) is 17.2 Å². The molecule has 1 N–H and O–H groups in total. The SMILES string of the molecule is COc1ccc(C(=O)CCCCC(=O)N[C@@H](Cc2ccc(OCCCOc3ccc(C)cc3)cc2)CN2CCCC2)cc1. The van der Waals surface area contributed by atoms with E-state index in [0.717, 1.165) is 49.7 Å². The molecule has 1 amide bonds. The summed E-state index contributed by atoms with van der Waals surface area (Å²) in [6.45, 7) is 6.27. The van der Waals surface area contributed by atoms with Gasteiger partial charge in [-0.1, -0.05) is 29.8 Å². The molecule has 7 nitrogen and oxygen atoms in total. The van der Waals surface area contributed by atoms with E-state index in [-0.39, 0.29) is 17.7 Å². The molecule has 0 unspecified atom stereocenters. The minimum Gasteiger partial charge on any atom is -0.497 e. The van der Waals surface area contributed by atoms with Crippen molar-refractivity contribution in [2.75, 3.05) is 40.0 Å². The van der Waals surface area contributed by atoms with Crippen molar-refractivity contribution in [1.82, 2.24) is 10.2 Å². The summed E-state index contributed by atoms with van der Waals surface area (Å²) in [5.41, 5.74) is 3.07. The molecular weight excluding hydrogens is 540 g/mol. The predicted molar refractivity (Wildman–Crippen MR) is 170 cm³/mol. The second-order valence-electron chi connectivity index (χ2n) is 11.3. The van der Waals surface area contributed by atoms with Gasteiger partial charge in [0, 0.05) is 37.4 Å². The molecule has 4 rings (SSSR count). The van der Waals surface area contributed by atoms with Crippen molar-refractivity contribution >= 4 is 11.7 Å². The number of benzene rings is 3. The average Bonchev–Trinajstić information content (AvgIpc) is 3.54. The third-order valence-corrected chi connectivity index (χ3v) is 7.76. The van der Waals surface area contributed by atoms with E-state index in [1.807, 2.05) is 36.4 Å². The lowest BCUT2D eigenvalue weighted by molar-refractivity contribution is -0.122. The second-order valence-corrected chi connectivity index (χ2v) is 11.3. The number of hydrogen-bond donors (Lipinski definition) is 1. The molecule has 1 saturated heterocycles. The van der Waals surface area contributed by atoms with Crippen LogP contribution in [0.5, 0.6) is 17.2 Å². The Morgan fingerprint density at radius 2 is 1.35 bits per heavy atom. The molecular formula is C36H46N2O5. The zero-order valence-electron chi connectivity index (χ0n) is 25.7. The first-order valence-corrected chi connectivity index (χ1v) is 15.6. The van der Waals surface area contributed by atoms with Gasteiger partial charge < -0.3 is 24.4 Å². The fourth-order valence-electron chi connectivity index (χ4n) is 5.31. The van der Waals surface area contributed by atoms with Gasteiger partial charge in [-0.05, 0) is 106 Å². The number of hydrogen-bond acceptors (Lipinski definition) is 6. The van der Waals surface area contributed by atoms with E-state index < -0.39 is 0 Å². The predicted octanol–water partition coefficient (Wildman–Crippen LogP) is 6.42. The van der Waals surface area contributed by atoms with Gasteiger partial charge >= 0.3 is 0 Å². The Balaban J connectivity index is 1.18. The molecule has 0 spiro atoms. The number of rotatable bonds is 18. The Labute approximate surface area is 256 Å². The number of ether oxygens (including phenoxy) is 3. The van der Waals surface area contributed by atoms with Crippen molar-refractivity contribution < 1.29 is 23.8 Å². The number of ketones is 1. The van der Waals surface area contributed by atoms with Crippen LogP contribution in [0.3, 0.4) is 0 Å². The normalized spacial score (nSPS) is 13.8. The Hall–Kier alpha value is -3.84. The van der Waals surface area contributed by atoms with E-state index in [0.29, 0.717) is 44.5 Å². The second kappa shape index (κ2) is 17.3. The van der Waals surface area contributed by atoms with Crippen molar-refractivity contribution in [2.24, 2.45) is 0 Å². The summed E-state index contributed by atoms with van der Waals surface area (Å²) < 4.78 is 16.9. The van der Waals surface area contributed by atoms with E-state index in [4.69, 9.17) is 14.2 Å². The molecule has 1 heterocycles. The van der Waals surface area contributed by atoms with Crippen LogP contribution in [0.25, 0.3) is 0 Å². The third-order valence-electron chi connectivity index (χ3n) is 7.76. The summed E-state index contributed by atoms with van der Waals surface area (Å²) in [4.78, 5) is 27.8. The Kier molecular flexibility index (Phi) is 12.9. The summed E-state index contributed by atoms with van der Waals surface area (Å²) in [5.74, 6) is 2.59. The molecule has 1 aliphatic rings. The first-order chi connectivity index (χ1) is 21.0. The molecule has 0 aliphatic carbocycles. The standard InChI is InChI=1S/C36H46N2O5/c1-28-10-16-33(17-11-28)42-24-7-25-43-34-18-12-29(13-19-34)26-31(27-38-22-5-6-23-38)37-36(40)9-4-3-8-35(39)30-14-20-32(41-2)21-15-30/h10-21,31H,3-9,22-27H2,1-2H3,(H,37,40)/t31-/m0/s1. The number of nitrogens with one attached hydrogen (secondary N) is 1. The van der Waals surface area contributed by atoms with Crippen LogP contribution < -0.4 is 19.5 Å². The van der Waals surface area contributed by atoms with Crippen LogP contribution in [-0.4, -0.2) is 62.6 Å². The quantitative estimate of drug-likeness (QED) is 0.137. The molecule has 3 aromatic rings. The monoisotopic (exact) mass is 586 g/mol. The minimum absolute atomic E-state index is 0.0391. The first kappa shape index (κ1) is 32.1. The number of nitrogens with zero attached hydrogens (tertiary/aromatic N) is 1. The van der Waals surface area contributed by atoms with Gasteiger partial charge in [-0.3, -0.25) is 9.59 Å². The number of Topliss-reactive ketones (excluding diaryl/α,β-unsaturated/α-hetero) is 1. The smallest absolute Gasteiger partial charge is 0.220 e. The maximum Gasteiger partial charge on any atom is 0.220 e. The van der Waals surface area contributed by atoms with Gasteiger partial charge in [0.15, 0.2) is 5.78 Å². The molecule has 0 radical (unpaired) electrons. The highest BCUT2D eigenvalue weighted by atomic mass is 16.5. The van der Waals surface area contributed by atoms with E-state index in [1.54, 1.807) is 31.4 Å². The Bertz CT molecular complexity index is 1250. The van der Waals surface area contributed by atoms with Crippen LogP contribution in [0.4, 0.5) is 0 Å². The fourth-order valence-corrected chi connectivity index (χ4v) is 5.31. The van der Waals surface area contributed by atoms with Gasteiger partial charge in [0.05, 0.1) is 20.3 Å². The highest BCUT2D eigenvalue weighted by Gasteiger charge is 2.20. The van der Waals surface area contributed by atoms with Gasteiger partial charge in [-0.25, -0.2) is 0 Å². The zero-order chi connectivity index (χ0) is 30.3. The summed E-state index contributed by atoms with van der Waals surface area (Å²) in [6.07, 6.45) is 6.23. The number of carbonyl (C=O) groups is 2. The lowest BCUT2D eigenvalue weighted by Crippen LogP contribution is -2.44. The maximum absolute atomic E-state index is 12.9. The number of methoxy groups -OCH3 is 1. The number of amides is 1.